The van der Waals surface area contributed by atoms with Crippen LogP contribution in [-0.4, -0.2) is 19.7 Å². The zero-order valence-electron chi connectivity index (χ0n) is 9.43. The van der Waals surface area contributed by atoms with Crippen LogP contribution in [0, 0.1) is 5.82 Å². The van der Waals surface area contributed by atoms with Gasteiger partial charge in [0.25, 0.3) is 0 Å². The number of halogens is 2. The fraction of sp³-hybridized carbons (Fsp3) is 0.500. The van der Waals surface area contributed by atoms with Gasteiger partial charge in [0.1, 0.15) is 0 Å². The predicted octanol–water partition coefficient (Wildman–Crippen LogP) is 3.25. The first kappa shape index (κ1) is 13.3. The summed E-state index contributed by atoms with van der Waals surface area (Å²) in [6.45, 7) is 4.49. The van der Waals surface area contributed by atoms with Crippen molar-refractivity contribution in [3.63, 3.8) is 0 Å². The van der Waals surface area contributed by atoms with E-state index < -0.39 is 5.82 Å². The van der Waals surface area contributed by atoms with Crippen LogP contribution in [0.5, 0.6) is 5.75 Å². The van der Waals surface area contributed by atoms with Gasteiger partial charge in [0.2, 0.25) is 0 Å². The molecule has 1 N–H and O–H groups in total. The Kier molecular flexibility index (Phi) is 6.19. The summed E-state index contributed by atoms with van der Waals surface area (Å²) in [5.74, 6) is -0.244. The highest BCUT2D eigenvalue weighted by Crippen LogP contribution is 2.27. The van der Waals surface area contributed by atoms with Gasteiger partial charge in [0.15, 0.2) is 11.6 Å². The number of para-hydroxylation sites is 1. The Labute approximate surface area is 101 Å². The van der Waals surface area contributed by atoms with E-state index in [1.54, 1.807) is 12.1 Å². The van der Waals surface area contributed by atoms with Crippen LogP contribution in [0.1, 0.15) is 19.8 Å². The maximum absolute atomic E-state index is 13.3. The molecule has 0 aliphatic rings. The maximum atomic E-state index is 13.3. The summed E-state index contributed by atoms with van der Waals surface area (Å²) in [7, 11) is 0. The van der Waals surface area contributed by atoms with Crippen molar-refractivity contribution in [1.29, 1.82) is 0 Å². The highest BCUT2D eigenvalue weighted by Gasteiger charge is 2.07. The molecule has 2 nitrogen and oxygen atoms in total. The van der Waals surface area contributed by atoms with Gasteiger partial charge in [0, 0.05) is 0 Å². The summed E-state index contributed by atoms with van der Waals surface area (Å²) in [5.41, 5.74) is 0. The van der Waals surface area contributed by atoms with Gasteiger partial charge in [-0.1, -0.05) is 24.6 Å². The van der Waals surface area contributed by atoms with E-state index >= 15 is 0 Å². The highest BCUT2D eigenvalue weighted by molar-refractivity contribution is 6.32. The largest absolute Gasteiger partial charge is 0.489 e. The van der Waals surface area contributed by atoms with Crippen LogP contribution in [0.3, 0.4) is 0 Å². The molecule has 0 aromatic heterocycles. The van der Waals surface area contributed by atoms with Crippen molar-refractivity contribution < 1.29 is 9.13 Å². The third-order valence-electron chi connectivity index (χ3n) is 2.16. The molecule has 0 aliphatic heterocycles. The molecule has 1 aromatic carbocycles. The van der Waals surface area contributed by atoms with Crippen LogP contribution in [0.25, 0.3) is 0 Å². The molecule has 0 amide bonds. The van der Waals surface area contributed by atoms with Crippen LogP contribution in [0.4, 0.5) is 4.39 Å². The summed E-state index contributed by atoms with van der Waals surface area (Å²) in [6, 6.07) is 4.54. The Morgan fingerprint density at radius 1 is 1.38 bits per heavy atom. The Hall–Kier alpha value is -0.800. The highest BCUT2D eigenvalue weighted by atomic mass is 35.5. The van der Waals surface area contributed by atoms with E-state index in [0.717, 1.165) is 25.9 Å². The summed E-state index contributed by atoms with van der Waals surface area (Å²) < 4.78 is 18.6. The number of unbranched alkanes of at least 4 members (excludes halogenated alkanes) is 1. The molecule has 0 aliphatic carbocycles. The molecule has 4 heteroatoms. The number of rotatable bonds is 7. The standard InChI is InChI=1S/C12H17ClFNO/c1-2-15-8-3-4-9-16-12-10(13)6-5-7-11(12)14/h5-7,15H,2-4,8-9H2,1H3. The smallest absolute Gasteiger partial charge is 0.173 e. The number of hydrogen-bond acceptors (Lipinski definition) is 2. The van der Waals surface area contributed by atoms with Crippen LogP contribution >= 0.6 is 11.6 Å². The van der Waals surface area contributed by atoms with Crippen molar-refractivity contribution in [3.05, 3.63) is 29.0 Å². The SMILES string of the molecule is CCNCCCCOc1c(F)cccc1Cl. The molecule has 1 rings (SSSR count). The second-order valence-electron chi connectivity index (χ2n) is 3.46. The van der Waals surface area contributed by atoms with Crippen molar-refractivity contribution in [3.8, 4) is 5.75 Å². The fourth-order valence-corrected chi connectivity index (χ4v) is 1.54. The third-order valence-corrected chi connectivity index (χ3v) is 2.46. The molecule has 1 aromatic rings. The van der Waals surface area contributed by atoms with Crippen molar-refractivity contribution in [2.24, 2.45) is 0 Å². The number of ether oxygens (including phenoxy) is 1. The van der Waals surface area contributed by atoms with E-state index in [0.29, 0.717) is 11.6 Å². The molecule has 0 radical (unpaired) electrons. The molecule has 0 fully saturated rings. The summed E-state index contributed by atoms with van der Waals surface area (Å²) in [4.78, 5) is 0. The minimum absolute atomic E-state index is 0.160. The van der Waals surface area contributed by atoms with Crippen LogP contribution in [0.15, 0.2) is 18.2 Å². The average molecular weight is 246 g/mol. The lowest BCUT2D eigenvalue weighted by Crippen LogP contribution is -2.14. The summed E-state index contributed by atoms with van der Waals surface area (Å²) >= 11 is 5.81. The van der Waals surface area contributed by atoms with E-state index in [9.17, 15) is 4.39 Å². The van der Waals surface area contributed by atoms with Gasteiger partial charge in [-0.3, -0.25) is 0 Å². The van der Waals surface area contributed by atoms with Crippen LogP contribution < -0.4 is 10.1 Å². The minimum Gasteiger partial charge on any atom is -0.489 e. The van der Waals surface area contributed by atoms with Gasteiger partial charge in [-0.05, 0) is 38.1 Å². The van der Waals surface area contributed by atoms with Crippen LogP contribution in [-0.2, 0) is 0 Å². The second-order valence-corrected chi connectivity index (χ2v) is 3.87. The van der Waals surface area contributed by atoms with Gasteiger partial charge < -0.3 is 10.1 Å². The number of benzene rings is 1. The maximum Gasteiger partial charge on any atom is 0.173 e. The van der Waals surface area contributed by atoms with Crippen molar-refractivity contribution in [2.45, 2.75) is 19.8 Å². The normalized spacial score (nSPS) is 10.4. The summed E-state index contributed by atoms with van der Waals surface area (Å²) in [5, 5.41) is 3.54. The fourth-order valence-electron chi connectivity index (χ4n) is 1.32. The molecule has 0 unspecified atom stereocenters. The molecular weight excluding hydrogens is 229 g/mol. The molecular formula is C12H17ClFNO. The Balaban J connectivity index is 2.26. The second kappa shape index (κ2) is 7.47. The van der Waals surface area contributed by atoms with Gasteiger partial charge in [-0.15, -0.1) is 0 Å². The average Bonchev–Trinajstić information content (AvgIpc) is 2.26. The topological polar surface area (TPSA) is 21.3 Å². The molecule has 16 heavy (non-hydrogen) atoms. The zero-order chi connectivity index (χ0) is 11.8. The minimum atomic E-state index is -0.404. The molecule has 0 saturated heterocycles. The lowest BCUT2D eigenvalue weighted by atomic mass is 10.3. The van der Waals surface area contributed by atoms with Gasteiger partial charge >= 0.3 is 0 Å². The van der Waals surface area contributed by atoms with Gasteiger partial charge in [-0.25, -0.2) is 4.39 Å². The Bertz CT molecular complexity index is 300. The lowest BCUT2D eigenvalue weighted by molar-refractivity contribution is 0.291. The molecule has 0 heterocycles. The van der Waals surface area contributed by atoms with Gasteiger partial charge in [-0.2, -0.15) is 0 Å². The molecule has 90 valence electrons. The Morgan fingerprint density at radius 3 is 2.88 bits per heavy atom. The first-order chi connectivity index (χ1) is 7.75. The van der Waals surface area contributed by atoms with Crippen molar-refractivity contribution in [1.82, 2.24) is 5.32 Å². The molecule has 0 spiro atoms. The summed E-state index contributed by atoms with van der Waals surface area (Å²) in [6.07, 6.45) is 1.90. The van der Waals surface area contributed by atoms with E-state index in [1.807, 2.05) is 0 Å². The first-order valence-corrected chi connectivity index (χ1v) is 5.91. The lowest BCUT2D eigenvalue weighted by Gasteiger charge is -2.08. The van der Waals surface area contributed by atoms with E-state index in [4.69, 9.17) is 16.3 Å². The molecule has 0 saturated carbocycles. The zero-order valence-corrected chi connectivity index (χ0v) is 10.2. The first-order valence-electron chi connectivity index (χ1n) is 5.53. The predicted molar refractivity (Wildman–Crippen MR) is 64.7 cm³/mol. The van der Waals surface area contributed by atoms with E-state index in [2.05, 4.69) is 12.2 Å². The van der Waals surface area contributed by atoms with Crippen molar-refractivity contribution >= 4 is 11.6 Å². The molecule has 0 atom stereocenters. The van der Waals surface area contributed by atoms with Gasteiger partial charge in [0.05, 0.1) is 11.6 Å². The van der Waals surface area contributed by atoms with E-state index in [1.165, 1.54) is 6.07 Å². The number of hydrogen-bond donors (Lipinski definition) is 1. The van der Waals surface area contributed by atoms with Crippen molar-refractivity contribution in [2.75, 3.05) is 19.7 Å². The van der Waals surface area contributed by atoms with Crippen LogP contribution in [0.2, 0.25) is 5.02 Å². The quantitative estimate of drug-likeness (QED) is 0.745. The number of nitrogens with one attached hydrogen (secondary N) is 1. The van der Waals surface area contributed by atoms with E-state index in [-0.39, 0.29) is 5.75 Å². The molecule has 0 bridgehead atoms. The third kappa shape index (κ3) is 4.37. The Morgan fingerprint density at radius 2 is 2.19 bits per heavy atom. The monoisotopic (exact) mass is 245 g/mol.